The predicted molar refractivity (Wildman–Crippen MR) is 74.3 cm³/mol. The number of carbonyl (C=O) groups excluding carboxylic acids is 1. The molecule has 1 N–H and O–H groups in total. The zero-order valence-electron chi connectivity index (χ0n) is 10.3. The van der Waals surface area contributed by atoms with Crippen molar-refractivity contribution in [3.8, 4) is 0 Å². The van der Waals surface area contributed by atoms with Crippen molar-refractivity contribution < 1.29 is 4.79 Å². The van der Waals surface area contributed by atoms with Crippen LogP contribution in [0.3, 0.4) is 0 Å². The van der Waals surface area contributed by atoms with E-state index in [1.165, 1.54) is 0 Å². The lowest BCUT2D eigenvalue weighted by Gasteiger charge is -2.28. The van der Waals surface area contributed by atoms with Crippen LogP contribution in [0.15, 0.2) is 18.3 Å². The van der Waals surface area contributed by atoms with Crippen LogP contribution in [0.5, 0.6) is 0 Å². The normalized spacial score (nSPS) is 19.7. The van der Waals surface area contributed by atoms with E-state index in [0.29, 0.717) is 6.04 Å². The van der Waals surface area contributed by atoms with Gasteiger partial charge in [-0.05, 0) is 25.0 Å². The number of carbonyl (C=O) groups is 1. The molecule has 0 atom stereocenters. The number of nitrogens with zero attached hydrogens (tertiary/aromatic N) is 2. The van der Waals surface area contributed by atoms with Crippen LogP contribution in [-0.2, 0) is 0 Å². The molecule has 1 saturated carbocycles. The van der Waals surface area contributed by atoms with Gasteiger partial charge in [0, 0.05) is 36.8 Å². The minimum atomic E-state index is 0.0267. The van der Waals surface area contributed by atoms with Gasteiger partial charge in [-0.1, -0.05) is 0 Å². The van der Waals surface area contributed by atoms with E-state index in [0.717, 1.165) is 48.8 Å². The molecule has 1 aliphatic carbocycles. The number of hydrogen-bond acceptors (Lipinski definition) is 4. The minimum absolute atomic E-state index is 0.0267. The Balaban J connectivity index is 1.81. The van der Waals surface area contributed by atoms with Crippen molar-refractivity contribution in [1.82, 2.24) is 10.3 Å². The van der Waals surface area contributed by atoms with E-state index >= 15 is 0 Å². The van der Waals surface area contributed by atoms with Crippen molar-refractivity contribution in [2.75, 3.05) is 29.5 Å². The van der Waals surface area contributed by atoms with E-state index in [-0.39, 0.29) is 5.91 Å². The fraction of sp³-hybridized carbons (Fsp3) is 0.538. The molecular weight excluding hydrogens is 246 g/mol. The van der Waals surface area contributed by atoms with Crippen molar-refractivity contribution in [2.45, 2.75) is 18.9 Å². The fourth-order valence-corrected chi connectivity index (χ4v) is 3.00. The average Bonchev–Trinajstić information content (AvgIpc) is 3.24. The second-order valence-electron chi connectivity index (χ2n) is 4.72. The van der Waals surface area contributed by atoms with Crippen LogP contribution in [0.2, 0.25) is 0 Å². The summed E-state index contributed by atoms with van der Waals surface area (Å²) in [5, 5.41) is 3.04. The van der Waals surface area contributed by atoms with Crippen LogP contribution in [0.25, 0.3) is 0 Å². The van der Waals surface area contributed by atoms with Gasteiger partial charge in [-0.15, -0.1) is 0 Å². The van der Waals surface area contributed by atoms with Crippen LogP contribution in [0.4, 0.5) is 5.82 Å². The molecule has 4 nitrogen and oxygen atoms in total. The summed E-state index contributed by atoms with van der Waals surface area (Å²) in [6.07, 6.45) is 3.99. The first-order chi connectivity index (χ1) is 8.84. The monoisotopic (exact) mass is 263 g/mol. The molecule has 1 aliphatic heterocycles. The maximum atomic E-state index is 12.2. The molecule has 1 saturated heterocycles. The Morgan fingerprint density at radius 1 is 1.39 bits per heavy atom. The maximum Gasteiger partial charge on any atom is 0.255 e. The Morgan fingerprint density at radius 3 is 2.89 bits per heavy atom. The highest BCUT2D eigenvalue weighted by atomic mass is 32.2. The second kappa shape index (κ2) is 5.18. The summed E-state index contributed by atoms with van der Waals surface area (Å²) >= 11 is 1.96. The standard InChI is InChI=1S/C13H17N3OS/c17-13(15-10-3-4-10)11-2-1-5-14-12(11)16-6-8-18-9-7-16/h1-2,5,10H,3-4,6-9H2,(H,15,17). The van der Waals surface area contributed by atoms with Gasteiger partial charge in [-0.25, -0.2) is 4.98 Å². The molecule has 0 bridgehead atoms. The highest BCUT2D eigenvalue weighted by Gasteiger charge is 2.26. The van der Waals surface area contributed by atoms with Crippen LogP contribution in [0.1, 0.15) is 23.2 Å². The first-order valence-corrected chi connectivity index (χ1v) is 7.58. The quantitative estimate of drug-likeness (QED) is 0.898. The molecule has 1 amide bonds. The zero-order valence-corrected chi connectivity index (χ0v) is 11.1. The summed E-state index contributed by atoms with van der Waals surface area (Å²) in [6.45, 7) is 1.96. The van der Waals surface area contributed by atoms with Crippen molar-refractivity contribution >= 4 is 23.5 Å². The van der Waals surface area contributed by atoms with Gasteiger partial charge in [-0.3, -0.25) is 4.79 Å². The largest absolute Gasteiger partial charge is 0.354 e. The Hall–Kier alpha value is -1.23. The van der Waals surface area contributed by atoms with Crippen LogP contribution < -0.4 is 10.2 Å². The van der Waals surface area contributed by atoms with Gasteiger partial charge in [0.05, 0.1) is 5.56 Å². The summed E-state index contributed by atoms with van der Waals surface area (Å²) in [5.41, 5.74) is 0.719. The molecule has 0 radical (unpaired) electrons. The number of anilines is 1. The van der Waals surface area contributed by atoms with Gasteiger partial charge < -0.3 is 10.2 Å². The number of thioether (sulfide) groups is 1. The number of hydrogen-bond donors (Lipinski definition) is 1. The molecule has 96 valence electrons. The molecule has 3 rings (SSSR count). The number of pyridine rings is 1. The predicted octanol–water partition coefficient (Wildman–Crippen LogP) is 1.53. The molecule has 2 aliphatic rings. The molecule has 0 aromatic carbocycles. The maximum absolute atomic E-state index is 12.2. The third kappa shape index (κ3) is 2.61. The van der Waals surface area contributed by atoms with Crippen LogP contribution in [0, 0.1) is 0 Å². The van der Waals surface area contributed by atoms with E-state index in [2.05, 4.69) is 15.2 Å². The van der Waals surface area contributed by atoms with Gasteiger partial charge in [0.1, 0.15) is 5.82 Å². The van der Waals surface area contributed by atoms with E-state index < -0.39 is 0 Å². The fourth-order valence-electron chi connectivity index (χ4n) is 2.09. The van der Waals surface area contributed by atoms with Gasteiger partial charge in [-0.2, -0.15) is 11.8 Å². The third-order valence-electron chi connectivity index (χ3n) is 3.25. The molecular formula is C13H17N3OS. The molecule has 0 unspecified atom stereocenters. The Labute approximate surface area is 111 Å². The molecule has 2 fully saturated rings. The first-order valence-electron chi connectivity index (χ1n) is 6.43. The number of amides is 1. The van der Waals surface area contributed by atoms with Crippen LogP contribution in [-0.4, -0.2) is 41.5 Å². The Morgan fingerprint density at radius 2 is 2.17 bits per heavy atom. The second-order valence-corrected chi connectivity index (χ2v) is 5.95. The van der Waals surface area contributed by atoms with Gasteiger partial charge in [0.2, 0.25) is 0 Å². The number of aromatic nitrogens is 1. The smallest absolute Gasteiger partial charge is 0.255 e. The summed E-state index contributed by atoms with van der Waals surface area (Å²) in [7, 11) is 0. The van der Waals surface area contributed by atoms with Crippen molar-refractivity contribution in [3.63, 3.8) is 0 Å². The Kier molecular flexibility index (Phi) is 3.41. The average molecular weight is 263 g/mol. The van der Waals surface area contributed by atoms with Crippen LogP contribution >= 0.6 is 11.8 Å². The van der Waals surface area contributed by atoms with Crippen molar-refractivity contribution in [2.24, 2.45) is 0 Å². The lowest BCUT2D eigenvalue weighted by atomic mass is 10.2. The number of nitrogens with one attached hydrogen (secondary N) is 1. The first kappa shape index (κ1) is 11.8. The van der Waals surface area contributed by atoms with Gasteiger partial charge in [0.15, 0.2) is 0 Å². The van der Waals surface area contributed by atoms with Gasteiger partial charge in [0.25, 0.3) is 5.91 Å². The molecule has 0 spiro atoms. The third-order valence-corrected chi connectivity index (χ3v) is 4.20. The zero-order chi connectivity index (χ0) is 12.4. The SMILES string of the molecule is O=C(NC1CC1)c1cccnc1N1CCSCC1. The minimum Gasteiger partial charge on any atom is -0.354 e. The summed E-state index contributed by atoms with van der Waals surface area (Å²) in [6, 6.07) is 4.11. The highest BCUT2D eigenvalue weighted by Crippen LogP contribution is 2.23. The van der Waals surface area contributed by atoms with E-state index in [9.17, 15) is 4.79 Å². The molecule has 1 aromatic rings. The summed E-state index contributed by atoms with van der Waals surface area (Å²) < 4.78 is 0. The van der Waals surface area contributed by atoms with Gasteiger partial charge >= 0.3 is 0 Å². The Bertz CT molecular complexity index is 442. The van der Waals surface area contributed by atoms with Crippen molar-refractivity contribution in [3.05, 3.63) is 23.9 Å². The van der Waals surface area contributed by atoms with E-state index in [4.69, 9.17) is 0 Å². The van der Waals surface area contributed by atoms with E-state index in [1.54, 1.807) is 6.20 Å². The van der Waals surface area contributed by atoms with E-state index in [1.807, 2.05) is 23.9 Å². The summed E-state index contributed by atoms with van der Waals surface area (Å²) in [5.74, 6) is 3.09. The summed E-state index contributed by atoms with van der Waals surface area (Å²) in [4.78, 5) is 18.8. The van der Waals surface area contributed by atoms with Crippen molar-refractivity contribution in [1.29, 1.82) is 0 Å². The molecule has 18 heavy (non-hydrogen) atoms. The lowest BCUT2D eigenvalue weighted by molar-refractivity contribution is 0.0951. The highest BCUT2D eigenvalue weighted by molar-refractivity contribution is 7.99. The lowest BCUT2D eigenvalue weighted by Crippen LogP contribution is -2.36. The molecule has 5 heteroatoms. The molecule has 1 aromatic heterocycles. The topological polar surface area (TPSA) is 45.2 Å². The number of rotatable bonds is 3. The molecule has 2 heterocycles.